The monoisotopic (exact) mass is 286 g/mol. The topological polar surface area (TPSA) is 24.9 Å². The summed E-state index contributed by atoms with van der Waals surface area (Å²) in [6.45, 7) is 0. The Morgan fingerprint density at radius 3 is 2.55 bits per heavy atom. The number of nitrogens with zero attached hydrogens (tertiary/aromatic N) is 1. The highest BCUT2D eigenvalue weighted by atomic mass is 35.5. The van der Waals surface area contributed by atoms with E-state index in [0.29, 0.717) is 17.1 Å². The van der Waals surface area contributed by atoms with Crippen molar-refractivity contribution < 1.29 is 0 Å². The zero-order valence-electron chi connectivity index (χ0n) is 11.4. The summed E-state index contributed by atoms with van der Waals surface area (Å²) >= 11 is 5.84. The molecule has 1 aliphatic carbocycles. The molecule has 3 heteroatoms. The van der Waals surface area contributed by atoms with Gasteiger partial charge in [-0.1, -0.05) is 54.8 Å². The third-order valence-corrected chi connectivity index (χ3v) is 4.30. The summed E-state index contributed by atoms with van der Waals surface area (Å²) in [7, 11) is 0. The lowest BCUT2D eigenvalue weighted by Crippen LogP contribution is -2.30. The van der Waals surface area contributed by atoms with E-state index in [0.717, 1.165) is 5.69 Å². The Kier molecular flexibility index (Phi) is 4.22. The second kappa shape index (κ2) is 6.27. The van der Waals surface area contributed by atoms with Crippen LogP contribution in [0.3, 0.4) is 0 Å². The molecule has 2 atom stereocenters. The molecule has 0 saturated heterocycles. The van der Waals surface area contributed by atoms with Gasteiger partial charge in [-0.25, -0.2) is 4.98 Å². The summed E-state index contributed by atoms with van der Waals surface area (Å²) in [5.41, 5.74) is 2.49. The molecule has 0 bridgehead atoms. The Morgan fingerprint density at radius 2 is 1.80 bits per heavy atom. The molecule has 0 radical (unpaired) electrons. The van der Waals surface area contributed by atoms with Crippen molar-refractivity contribution in [1.82, 2.24) is 4.98 Å². The van der Waals surface area contributed by atoms with Crippen LogP contribution in [0, 0.1) is 0 Å². The molecule has 2 aromatic rings. The number of rotatable bonds is 3. The van der Waals surface area contributed by atoms with E-state index >= 15 is 0 Å². The number of aromatic nitrogens is 1. The molecule has 0 spiro atoms. The lowest BCUT2D eigenvalue weighted by Gasteiger charge is -2.33. The van der Waals surface area contributed by atoms with Crippen LogP contribution in [0.25, 0.3) is 0 Å². The minimum atomic E-state index is 0.481. The highest BCUT2D eigenvalue weighted by Crippen LogP contribution is 2.34. The number of halogens is 1. The number of pyridine rings is 1. The smallest absolute Gasteiger partial charge is 0.129 e. The summed E-state index contributed by atoms with van der Waals surface area (Å²) < 4.78 is 0. The van der Waals surface area contributed by atoms with E-state index in [-0.39, 0.29) is 0 Å². The molecule has 104 valence electrons. The van der Waals surface area contributed by atoms with Gasteiger partial charge in [0, 0.05) is 12.0 Å². The molecule has 1 heterocycles. The van der Waals surface area contributed by atoms with Gasteiger partial charge in [-0.3, -0.25) is 0 Å². The van der Waals surface area contributed by atoms with Crippen molar-refractivity contribution in [3.63, 3.8) is 0 Å². The van der Waals surface area contributed by atoms with Gasteiger partial charge in [-0.15, -0.1) is 0 Å². The molecule has 20 heavy (non-hydrogen) atoms. The normalized spacial score (nSPS) is 22.4. The average Bonchev–Trinajstić information content (AvgIpc) is 2.51. The predicted molar refractivity (Wildman–Crippen MR) is 84.3 cm³/mol. The zero-order valence-corrected chi connectivity index (χ0v) is 12.2. The molecule has 3 rings (SSSR count). The van der Waals surface area contributed by atoms with Crippen molar-refractivity contribution in [2.45, 2.75) is 37.6 Å². The summed E-state index contributed by atoms with van der Waals surface area (Å²) in [5.74, 6) is 0.584. The molecule has 2 unspecified atom stereocenters. The maximum absolute atomic E-state index is 5.84. The van der Waals surface area contributed by atoms with E-state index in [1.807, 2.05) is 18.3 Å². The maximum atomic E-state index is 5.84. The molecular formula is C17H19ClN2. The van der Waals surface area contributed by atoms with Crippen molar-refractivity contribution in [2.24, 2.45) is 0 Å². The van der Waals surface area contributed by atoms with Gasteiger partial charge in [0.25, 0.3) is 0 Å². The van der Waals surface area contributed by atoms with E-state index in [2.05, 4.69) is 40.6 Å². The van der Waals surface area contributed by atoms with Gasteiger partial charge in [0.15, 0.2) is 0 Å². The molecule has 1 saturated carbocycles. The molecule has 1 aromatic carbocycles. The number of anilines is 1. The second-order valence-corrected chi connectivity index (χ2v) is 5.81. The van der Waals surface area contributed by atoms with Crippen LogP contribution in [0.5, 0.6) is 0 Å². The number of nitrogens with one attached hydrogen (secondary N) is 1. The third-order valence-electron chi connectivity index (χ3n) is 4.07. The van der Waals surface area contributed by atoms with E-state index < -0.39 is 0 Å². The first-order valence-electron chi connectivity index (χ1n) is 7.26. The first-order valence-corrected chi connectivity index (χ1v) is 7.64. The first kappa shape index (κ1) is 13.4. The summed E-state index contributed by atoms with van der Waals surface area (Å²) in [6, 6.07) is 15.1. The van der Waals surface area contributed by atoms with Crippen molar-refractivity contribution in [3.8, 4) is 0 Å². The highest BCUT2D eigenvalue weighted by molar-refractivity contribution is 6.29. The van der Waals surface area contributed by atoms with Crippen LogP contribution in [0.15, 0.2) is 48.7 Å². The fourth-order valence-corrected chi connectivity index (χ4v) is 3.19. The summed E-state index contributed by atoms with van der Waals surface area (Å²) in [4.78, 5) is 4.15. The number of hydrogen-bond donors (Lipinski definition) is 1. The summed E-state index contributed by atoms with van der Waals surface area (Å²) in [5, 5.41) is 4.18. The average molecular weight is 287 g/mol. The molecule has 2 nitrogen and oxygen atoms in total. The Morgan fingerprint density at radius 1 is 1.00 bits per heavy atom. The maximum Gasteiger partial charge on any atom is 0.129 e. The van der Waals surface area contributed by atoms with Crippen LogP contribution >= 0.6 is 11.6 Å². The van der Waals surface area contributed by atoms with Gasteiger partial charge >= 0.3 is 0 Å². The Bertz CT molecular complexity index is 539. The van der Waals surface area contributed by atoms with Crippen molar-refractivity contribution in [3.05, 3.63) is 59.4 Å². The molecule has 0 aliphatic heterocycles. The Balaban J connectivity index is 1.77. The van der Waals surface area contributed by atoms with Gasteiger partial charge in [-0.05, 0) is 30.5 Å². The quantitative estimate of drug-likeness (QED) is 0.814. The molecular weight excluding hydrogens is 268 g/mol. The van der Waals surface area contributed by atoms with Crippen LogP contribution in [-0.2, 0) is 0 Å². The predicted octanol–water partition coefficient (Wildman–Crippen LogP) is 4.87. The number of benzene rings is 1. The van der Waals surface area contributed by atoms with E-state index in [1.54, 1.807) is 0 Å². The zero-order chi connectivity index (χ0) is 13.8. The Hall–Kier alpha value is -1.54. The van der Waals surface area contributed by atoms with Gasteiger partial charge in [0.05, 0.1) is 11.9 Å². The van der Waals surface area contributed by atoms with Gasteiger partial charge in [0.1, 0.15) is 5.15 Å². The largest absolute Gasteiger partial charge is 0.380 e. The lowest BCUT2D eigenvalue weighted by molar-refractivity contribution is 0.405. The minimum absolute atomic E-state index is 0.481. The Labute approximate surface area is 125 Å². The van der Waals surface area contributed by atoms with Crippen LogP contribution in [0.4, 0.5) is 5.69 Å². The second-order valence-electron chi connectivity index (χ2n) is 5.42. The van der Waals surface area contributed by atoms with Crippen molar-refractivity contribution in [1.29, 1.82) is 0 Å². The van der Waals surface area contributed by atoms with E-state index in [1.165, 1.54) is 31.2 Å². The fraction of sp³-hybridized carbons (Fsp3) is 0.353. The lowest BCUT2D eigenvalue weighted by atomic mass is 9.80. The standard InChI is InChI=1S/C17H19ClN2/c18-17-11-10-14(12-19-17)20-16-9-5-4-8-15(16)13-6-2-1-3-7-13/h1-3,6-7,10-12,15-16,20H,4-5,8-9H2. The van der Waals surface area contributed by atoms with Crippen LogP contribution < -0.4 is 5.32 Å². The highest BCUT2D eigenvalue weighted by Gasteiger charge is 2.26. The molecule has 1 aromatic heterocycles. The molecule has 0 amide bonds. The van der Waals surface area contributed by atoms with Crippen molar-refractivity contribution >= 4 is 17.3 Å². The molecule has 1 aliphatic rings. The van der Waals surface area contributed by atoms with Crippen LogP contribution in [-0.4, -0.2) is 11.0 Å². The first-order chi connectivity index (χ1) is 9.83. The van der Waals surface area contributed by atoms with Crippen molar-refractivity contribution in [2.75, 3.05) is 5.32 Å². The SMILES string of the molecule is Clc1ccc(NC2CCCCC2c2ccccc2)cn1. The number of hydrogen-bond acceptors (Lipinski definition) is 2. The van der Waals surface area contributed by atoms with Crippen LogP contribution in [0.1, 0.15) is 37.2 Å². The molecule has 1 fully saturated rings. The van der Waals surface area contributed by atoms with Gasteiger partial charge in [0.2, 0.25) is 0 Å². The van der Waals surface area contributed by atoms with E-state index in [4.69, 9.17) is 11.6 Å². The molecule has 1 N–H and O–H groups in total. The van der Waals surface area contributed by atoms with Gasteiger partial charge in [-0.2, -0.15) is 0 Å². The van der Waals surface area contributed by atoms with Gasteiger partial charge < -0.3 is 5.32 Å². The fourth-order valence-electron chi connectivity index (χ4n) is 3.08. The van der Waals surface area contributed by atoms with E-state index in [9.17, 15) is 0 Å². The third kappa shape index (κ3) is 3.13. The summed E-state index contributed by atoms with van der Waals surface area (Å²) in [6.07, 6.45) is 6.89. The minimum Gasteiger partial charge on any atom is -0.380 e. The van der Waals surface area contributed by atoms with Crippen LogP contribution in [0.2, 0.25) is 5.15 Å².